The minimum Gasteiger partial charge on any atom is -0.478 e. The zero-order valence-electron chi connectivity index (χ0n) is 27.0. The molecule has 4 heteroatoms. The molecule has 0 aliphatic heterocycles. The first kappa shape index (κ1) is 29.7. The third kappa shape index (κ3) is 4.93. The third-order valence-corrected chi connectivity index (χ3v) is 9.66. The summed E-state index contributed by atoms with van der Waals surface area (Å²) >= 11 is 0. The van der Waals surface area contributed by atoms with Gasteiger partial charge in [0.1, 0.15) is 0 Å². The number of carboxylic acid groups (broad SMARTS) is 1. The number of fused-ring (bicyclic) bond motifs is 5. The fourth-order valence-corrected chi connectivity index (χ4v) is 7.71. The van der Waals surface area contributed by atoms with E-state index in [-0.39, 0.29) is 23.0 Å². The van der Waals surface area contributed by atoms with E-state index in [1.54, 1.807) is 24.6 Å². The number of carboxylic acids is 1. The monoisotopic (exact) mass is 606 g/mol. The molecule has 0 spiro atoms. The van der Waals surface area contributed by atoms with Crippen LogP contribution in [-0.2, 0) is 10.2 Å². The first-order chi connectivity index (χ1) is 22.0. The molecule has 230 valence electrons. The van der Waals surface area contributed by atoms with Crippen LogP contribution < -0.4 is 0 Å². The maximum Gasteiger partial charge on any atom is 0.338 e. The Labute approximate surface area is 270 Å². The molecule has 0 atom stereocenters. The van der Waals surface area contributed by atoms with Crippen molar-refractivity contribution in [3.8, 4) is 22.3 Å². The van der Waals surface area contributed by atoms with E-state index in [0.717, 1.165) is 45.7 Å². The van der Waals surface area contributed by atoms with Gasteiger partial charge in [0.15, 0.2) is 0 Å². The van der Waals surface area contributed by atoms with E-state index in [4.69, 9.17) is 4.74 Å². The predicted molar refractivity (Wildman–Crippen MR) is 187 cm³/mol. The van der Waals surface area contributed by atoms with Gasteiger partial charge in [0.2, 0.25) is 0 Å². The minimum absolute atomic E-state index is 0.0175. The Kier molecular flexibility index (Phi) is 7.01. The highest BCUT2D eigenvalue weighted by molar-refractivity contribution is 6.11. The Morgan fingerprint density at radius 1 is 0.783 bits per heavy atom. The molecular formula is C42H38O4. The summed E-state index contributed by atoms with van der Waals surface area (Å²) in [4.78, 5) is 25.4. The zero-order valence-corrected chi connectivity index (χ0v) is 27.0. The second kappa shape index (κ2) is 10.8. The Balaban J connectivity index is 1.46. The number of benzene rings is 5. The van der Waals surface area contributed by atoms with Crippen LogP contribution in [0.1, 0.15) is 79.3 Å². The largest absolute Gasteiger partial charge is 0.478 e. The number of hydrogen-bond donors (Lipinski definition) is 1. The van der Waals surface area contributed by atoms with Crippen molar-refractivity contribution in [1.29, 1.82) is 0 Å². The molecular weight excluding hydrogens is 568 g/mol. The van der Waals surface area contributed by atoms with E-state index in [1.807, 2.05) is 24.3 Å². The van der Waals surface area contributed by atoms with Gasteiger partial charge in [-0.1, -0.05) is 106 Å². The molecule has 1 N–H and O–H groups in total. The van der Waals surface area contributed by atoms with Gasteiger partial charge in [-0.15, -0.1) is 0 Å². The van der Waals surface area contributed by atoms with Crippen molar-refractivity contribution in [1.82, 2.24) is 0 Å². The SMILES string of the molecule is CCOC(=O)c1ccc(C(=O)O)cc1-c1c(-c2ccc3c4c(ccc3c2)C2=C(CC(C)(C)C=C2)CC4(C)C)ccc2ccccc12. The Morgan fingerprint density at radius 3 is 2.33 bits per heavy atom. The van der Waals surface area contributed by atoms with Crippen LogP contribution in [0.2, 0.25) is 0 Å². The van der Waals surface area contributed by atoms with Crippen LogP contribution in [0.25, 0.3) is 49.4 Å². The first-order valence-corrected chi connectivity index (χ1v) is 16.0. The molecule has 5 aromatic carbocycles. The molecule has 4 nitrogen and oxygen atoms in total. The van der Waals surface area contributed by atoms with E-state index in [9.17, 15) is 14.7 Å². The summed E-state index contributed by atoms with van der Waals surface area (Å²) < 4.78 is 5.43. The van der Waals surface area contributed by atoms with Gasteiger partial charge in [0.25, 0.3) is 0 Å². The lowest BCUT2D eigenvalue weighted by Gasteiger charge is -2.40. The van der Waals surface area contributed by atoms with Gasteiger partial charge in [-0.3, -0.25) is 0 Å². The minimum atomic E-state index is -1.05. The fraction of sp³-hybridized carbons (Fsp3) is 0.238. The topological polar surface area (TPSA) is 63.6 Å². The van der Waals surface area contributed by atoms with Crippen molar-refractivity contribution in [3.63, 3.8) is 0 Å². The van der Waals surface area contributed by atoms with E-state index in [2.05, 4.69) is 82.3 Å². The Hall–Kier alpha value is -4.96. The highest BCUT2D eigenvalue weighted by Gasteiger charge is 2.36. The molecule has 0 saturated heterocycles. The quantitative estimate of drug-likeness (QED) is 0.202. The van der Waals surface area contributed by atoms with Crippen molar-refractivity contribution < 1.29 is 19.4 Å². The number of esters is 1. The summed E-state index contributed by atoms with van der Waals surface area (Å²) in [5, 5.41) is 14.3. The third-order valence-electron chi connectivity index (χ3n) is 9.66. The molecule has 0 radical (unpaired) electrons. The van der Waals surface area contributed by atoms with Gasteiger partial charge in [-0.2, -0.15) is 0 Å². The molecule has 7 rings (SSSR count). The summed E-state index contributed by atoms with van der Waals surface area (Å²) in [7, 11) is 0. The average Bonchev–Trinajstić information content (AvgIpc) is 3.02. The normalized spacial score (nSPS) is 16.3. The molecule has 2 aliphatic carbocycles. The second-order valence-corrected chi connectivity index (χ2v) is 14.0. The number of carbonyl (C=O) groups is 2. The van der Waals surface area contributed by atoms with Crippen molar-refractivity contribution in [3.05, 3.63) is 125 Å². The Bertz CT molecular complexity index is 2160. The van der Waals surface area contributed by atoms with Crippen molar-refractivity contribution in [2.45, 2.75) is 52.9 Å². The number of aromatic carboxylic acids is 1. The van der Waals surface area contributed by atoms with Gasteiger partial charge in [-0.25, -0.2) is 9.59 Å². The summed E-state index contributed by atoms with van der Waals surface area (Å²) in [6, 6.07) is 28.0. The van der Waals surface area contributed by atoms with Crippen molar-refractivity contribution >= 4 is 39.1 Å². The maximum atomic E-state index is 13.2. The number of allylic oxidation sites excluding steroid dienone is 4. The molecule has 46 heavy (non-hydrogen) atoms. The van der Waals surface area contributed by atoms with Gasteiger partial charge >= 0.3 is 11.9 Å². The highest BCUT2D eigenvalue weighted by atomic mass is 16.5. The number of hydrogen-bond acceptors (Lipinski definition) is 3. The molecule has 0 bridgehead atoms. The molecule has 0 amide bonds. The molecule has 0 saturated carbocycles. The lowest BCUT2D eigenvalue weighted by molar-refractivity contribution is 0.0526. The van der Waals surface area contributed by atoms with Crippen molar-refractivity contribution in [2.75, 3.05) is 6.61 Å². The molecule has 2 aliphatic rings. The summed E-state index contributed by atoms with van der Waals surface area (Å²) in [6.45, 7) is 11.3. The van der Waals surface area contributed by atoms with Crippen LogP contribution >= 0.6 is 0 Å². The van der Waals surface area contributed by atoms with Gasteiger partial charge in [-0.05, 0) is 115 Å². The fourth-order valence-electron chi connectivity index (χ4n) is 7.71. The van der Waals surface area contributed by atoms with Gasteiger partial charge in [0, 0.05) is 0 Å². The maximum absolute atomic E-state index is 13.2. The summed E-state index contributed by atoms with van der Waals surface area (Å²) in [6.07, 6.45) is 6.81. The van der Waals surface area contributed by atoms with Crippen LogP contribution in [0.4, 0.5) is 0 Å². The van der Waals surface area contributed by atoms with E-state index in [0.29, 0.717) is 11.1 Å². The second-order valence-electron chi connectivity index (χ2n) is 14.0. The van der Waals surface area contributed by atoms with Crippen LogP contribution in [0.3, 0.4) is 0 Å². The zero-order chi connectivity index (χ0) is 32.4. The standard InChI is InChI=1S/C42H38O4/c1-6-46-40(45)35-18-14-28(39(43)44)22-36(35)37-31-10-8-7-9-25(31)11-15-32(37)26-12-16-33-27(21-26)13-17-34-30-19-20-41(2,3)23-29(30)24-42(4,5)38(33)34/h7-22H,6,23-24H2,1-5H3,(H,43,44). The lowest BCUT2D eigenvalue weighted by atomic mass is 9.64. The van der Waals surface area contributed by atoms with E-state index >= 15 is 0 Å². The molecule has 0 heterocycles. The Morgan fingerprint density at radius 2 is 1.54 bits per heavy atom. The smallest absolute Gasteiger partial charge is 0.338 e. The molecule has 0 aromatic heterocycles. The van der Waals surface area contributed by atoms with Gasteiger partial charge < -0.3 is 9.84 Å². The van der Waals surface area contributed by atoms with E-state index < -0.39 is 11.9 Å². The van der Waals surface area contributed by atoms with Crippen molar-refractivity contribution in [2.24, 2.45) is 5.41 Å². The van der Waals surface area contributed by atoms with Crippen LogP contribution in [0.5, 0.6) is 0 Å². The molecule has 5 aromatic rings. The number of ether oxygens (including phenoxy) is 1. The highest BCUT2D eigenvalue weighted by Crippen LogP contribution is 2.51. The van der Waals surface area contributed by atoms with Crippen LogP contribution in [-0.4, -0.2) is 23.7 Å². The molecule has 0 fully saturated rings. The number of carbonyl (C=O) groups excluding carboxylic acids is 1. The average molecular weight is 607 g/mol. The lowest BCUT2D eigenvalue weighted by Crippen LogP contribution is -2.27. The predicted octanol–water partition coefficient (Wildman–Crippen LogP) is 10.6. The van der Waals surface area contributed by atoms with Crippen LogP contribution in [0.15, 0.2) is 103 Å². The van der Waals surface area contributed by atoms with E-state index in [1.165, 1.54) is 28.2 Å². The summed E-state index contributed by atoms with van der Waals surface area (Å²) in [5.41, 5.74) is 9.52. The number of rotatable bonds is 5. The van der Waals surface area contributed by atoms with Gasteiger partial charge in [0.05, 0.1) is 17.7 Å². The van der Waals surface area contributed by atoms with Crippen LogP contribution in [0, 0.1) is 5.41 Å². The summed E-state index contributed by atoms with van der Waals surface area (Å²) in [5.74, 6) is -1.53. The first-order valence-electron chi connectivity index (χ1n) is 16.0. The molecule has 0 unspecified atom stereocenters.